The third-order valence-electron chi connectivity index (χ3n) is 2.46. The van der Waals surface area contributed by atoms with Crippen molar-refractivity contribution in [3.05, 3.63) is 52.3 Å². The molecule has 0 amide bonds. The van der Waals surface area contributed by atoms with E-state index in [9.17, 15) is 14.5 Å². The third kappa shape index (κ3) is 2.45. The van der Waals surface area contributed by atoms with E-state index in [2.05, 4.69) is 15.3 Å². The van der Waals surface area contributed by atoms with E-state index in [1.807, 2.05) is 0 Å². The van der Waals surface area contributed by atoms with E-state index in [-0.39, 0.29) is 17.4 Å². The van der Waals surface area contributed by atoms with Crippen LogP contribution >= 0.6 is 0 Å². The predicted molar refractivity (Wildman–Crippen MR) is 63.7 cm³/mol. The molecule has 2 aromatic rings. The maximum absolute atomic E-state index is 13.1. The predicted octanol–water partition coefficient (Wildman–Crippen LogP) is 2.63. The fourth-order valence-corrected chi connectivity index (χ4v) is 1.60. The molecule has 0 aliphatic carbocycles. The minimum Gasteiger partial charge on any atom is -0.370 e. The fourth-order valence-electron chi connectivity index (χ4n) is 1.60. The number of hydrogen-bond donors (Lipinski definition) is 2. The highest BCUT2D eigenvalue weighted by Crippen LogP contribution is 2.27. The monoisotopic (exact) mass is 250 g/mol. The lowest BCUT2D eigenvalue weighted by molar-refractivity contribution is -0.384. The summed E-state index contributed by atoms with van der Waals surface area (Å²) in [5.41, 5.74) is -0.0429. The first kappa shape index (κ1) is 12.0. The highest BCUT2D eigenvalue weighted by molar-refractivity contribution is 5.62. The molecule has 2 rings (SSSR count). The summed E-state index contributed by atoms with van der Waals surface area (Å²) in [4.78, 5) is 17.2. The Bertz CT molecular complexity index is 556. The first-order valence-corrected chi connectivity index (χ1v) is 5.27. The van der Waals surface area contributed by atoms with Crippen LogP contribution in [0, 0.1) is 15.9 Å². The molecule has 1 aromatic heterocycles. The summed E-state index contributed by atoms with van der Waals surface area (Å²) in [7, 11) is 0. The van der Waals surface area contributed by atoms with E-state index in [1.54, 1.807) is 19.3 Å². The normalized spacial score (nSPS) is 12.1. The number of rotatable bonds is 4. The van der Waals surface area contributed by atoms with Gasteiger partial charge in [0.1, 0.15) is 17.3 Å². The number of nitro groups is 1. The van der Waals surface area contributed by atoms with Crippen molar-refractivity contribution in [2.45, 2.75) is 13.0 Å². The number of benzene rings is 1. The van der Waals surface area contributed by atoms with Gasteiger partial charge in [0.25, 0.3) is 5.69 Å². The second-order valence-corrected chi connectivity index (χ2v) is 3.76. The van der Waals surface area contributed by atoms with E-state index < -0.39 is 10.7 Å². The van der Waals surface area contributed by atoms with Crippen LogP contribution < -0.4 is 5.32 Å². The zero-order valence-electron chi connectivity index (χ0n) is 9.55. The molecule has 0 radical (unpaired) electrons. The van der Waals surface area contributed by atoms with Crippen LogP contribution in [0.15, 0.2) is 30.6 Å². The number of anilines is 1. The highest BCUT2D eigenvalue weighted by Gasteiger charge is 2.17. The van der Waals surface area contributed by atoms with Crippen molar-refractivity contribution in [2.75, 3.05) is 5.32 Å². The largest absolute Gasteiger partial charge is 0.370 e. The summed E-state index contributed by atoms with van der Waals surface area (Å²) in [5.74, 6) is 0.0864. The number of nitro benzene ring substituents is 1. The molecule has 0 bridgehead atoms. The molecule has 1 atom stereocenters. The van der Waals surface area contributed by atoms with Crippen LogP contribution in [-0.2, 0) is 0 Å². The molecular weight excluding hydrogens is 239 g/mol. The van der Waals surface area contributed by atoms with E-state index in [4.69, 9.17) is 0 Å². The van der Waals surface area contributed by atoms with Crippen molar-refractivity contribution in [2.24, 2.45) is 0 Å². The van der Waals surface area contributed by atoms with Crippen LogP contribution in [0.3, 0.4) is 0 Å². The van der Waals surface area contributed by atoms with Crippen molar-refractivity contribution in [1.82, 2.24) is 9.97 Å². The summed E-state index contributed by atoms with van der Waals surface area (Å²) in [6.45, 7) is 1.77. The Kier molecular flexibility index (Phi) is 3.22. The van der Waals surface area contributed by atoms with Gasteiger partial charge in [-0.05, 0) is 13.0 Å². The van der Waals surface area contributed by atoms with Gasteiger partial charge < -0.3 is 10.3 Å². The molecule has 1 aromatic carbocycles. The SMILES string of the molecule is CC(Nc1cc(F)ccc1[N+](=O)[O-])c1ncc[nH]1. The van der Waals surface area contributed by atoms with Gasteiger partial charge in [-0.25, -0.2) is 9.37 Å². The van der Waals surface area contributed by atoms with Crippen LogP contribution in [-0.4, -0.2) is 14.9 Å². The number of H-pyrrole nitrogens is 1. The molecule has 7 heteroatoms. The fraction of sp³-hybridized carbons (Fsp3) is 0.182. The van der Waals surface area contributed by atoms with Gasteiger partial charge in [-0.15, -0.1) is 0 Å². The Hall–Kier alpha value is -2.44. The van der Waals surface area contributed by atoms with Crippen LogP contribution in [0.2, 0.25) is 0 Å². The van der Waals surface area contributed by atoms with Gasteiger partial charge in [0.2, 0.25) is 0 Å². The van der Waals surface area contributed by atoms with Gasteiger partial charge >= 0.3 is 0 Å². The molecule has 0 saturated heterocycles. The summed E-state index contributed by atoms with van der Waals surface area (Å²) < 4.78 is 13.1. The van der Waals surface area contributed by atoms with Crippen LogP contribution in [0.4, 0.5) is 15.8 Å². The molecule has 0 spiro atoms. The van der Waals surface area contributed by atoms with Gasteiger partial charge in [-0.2, -0.15) is 0 Å². The number of imidazole rings is 1. The van der Waals surface area contributed by atoms with Gasteiger partial charge in [0.05, 0.1) is 11.0 Å². The molecule has 0 aliphatic heterocycles. The van der Waals surface area contributed by atoms with Crippen molar-refractivity contribution in [3.8, 4) is 0 Å². The number of nitrogens with one attached hydrogen (secondary N) is 2. The van der Waals surface area contributed by atoms with Gasteiger partial charge in [0, 0.05) is 24.5 Å². The maximum atomic E-state index is 13.1. The van der Waals surface area contributed by atoms with Gasteiger partial charge in [-0.3, -0.25) is 10.1 Å². The van der Waals surface area contributed by atoms with Gasteiger partial charge in [0.15, 0.2) is 0 Å². The average Bonchev–Trinajstić information content (AvgIpc) is 2.81. The first-order valence-electron chi connectivity index (χ1n) is 5.27. The molecule has 1 heterocycles. The Morgan fingerprint density at radius 1 is 1.56 bits per heavy atom. The van der Waals surface area contributed by atoms with E-state index in [0.717, 1.165) is 18.2 Å². The smallest absolute Gasteiger partial charge is 0.292 e. The van der Waals surface area contributed by atoms with Crippen molar-refractivity contribution in [3.63, 3.8) is 0 Å². The lowest BCUT2D eigenvalue weighted by atomic mass is 10.2. The summed E-state index contributed by atoms with van der Waals surface area (Å²) in [5, 5.41) is 13.7. The van der Waals surface area contributed by atoms with E-state index in [0.29, 0.717) is 5.82 Å². The average molecular weight is 250 g/mol. The van der Waals surface area contributed by atoms with Crippen molar-refractivity contribution >= 4 is 11.4 Å². The zero-order valence-corrected chi connectivity index (χ0v) is 9.55. The molecule has 1 unspecified atom stereocenters. The number of aromatic nitrogens is 2. The molecule has 94 valence electrons. The minimum absolute atomic E-state index is 0.129. The summed E-state index contributed by atoms with van der Waals surface area (Å²) in [6.07, 6.45) is 3.22. The molecule has 6 nitrogen and oxygen atoms in total. The number of halogens is 1. The topological polar surface area (TPSA) is 83.8 Å². The second-order valence-electron chi connectivity index (χ2n) is 3.76. The van der Waals surface area contributed by atoms with Crippen LogP contribution in [0.5, 0.6) is 0 Å². The maximum Gasteiger partial charge on any atom is 0.292 e. The molecule has 0 aliphatic rings. The number of hydrogen-bond acceptors (Lipinski definition) is 4. The minimum atomic E-state index is -0.559. The Balaban J connectivity index is 2.28. The van der Waals surface area contributed by atoms with Gasteiger partial charge in [-0.1, -0.05) is 0 Å². The van der Waals surface area contributed by atoms with Crippen LogP contribution in [0.1, 0.15) is 18.8 Å². The molecule has 18 heavy (non-hydrogen) atoms. The summed E-state index contributed by atoms with van der Waals surface area (Å²) in [6, 6.07) is 2.99. The Morgan fingerprint density at radius 2 is 2.33 bits per heavy atom. The lowest BCUT2D eigenvalue weighted by Crippen LogP contribution is -2.10. The molecular formula is C11H11FN4O2. The first-order chi connectivity index (χ1) is 8.58. The third-order valence-corrected chi connectivity index (χ3v) is 2.46. The van der Waals surface area contributed by atoms with Crippen LogP contribution in [0.25, 0.3) is 0 Å². The zero-order chi connectivity index (χ0) is 13.1. The second kappa shape index (κ2) is 4.82. The lowest BCUT2D eigenvalue weighted by Gasteiger charge is -2.13. The quantitative estimate of drug-likeness (QED) is 0.645. The molecule has 0 saturated carbocycles. The van der Waals surface area contributed by atoms with Crippen molar-refractivity contribution in [1.29, 1.82) is 0 Å². The number of aromatic amines is 1. The van der Waals surface area contributed by atoms with E-state index in [1.165, 1.54) is 0 Å². The Morgan fingerprint density at radius 3 is 2.94 bits per heavy atom. The van der Waals surface area contributed by atoms with E-state index >= 15 is 0 Å². The summed E-state index contributed by atoms with van der Waals surface area (Å²) >= 11 is 0. The Labute approximate surface area is 102 Å². The van der Waals surface area contributed by atoms with Crippen molar-refractivity contribution < 1.29 is 9.31 Å². The highest BCUT2D eigenvalue weighted by atomic mass is 19.1. The number of nitrogens with zero attached hydrogens (tertiary/aromatic N) is 2. The standard InChI is InChI=1S/C11H11FN4O2/c1-7(11-13-4-5-14-11)15-9-6-8(12)2-3-10(9)16(17)18/h2-7,15H,1H3,(H,13,14). The molecule has 0 fully saturated rings. The molecule has 2 N–H and O–H groups in total.